The first-order valence-electron chi connectivity index (χ1n) is 6.88. The second-order valence-electron chi connectivity index (χ2n) is 5.33. The SMILES string of the molecule is CCC1C(CCC2CCCCC2)SCN1S. The average molecular weight is 259 g/mol. The molecule has 2 fully saturated rings. The van der Waals surface area contributed by atoms with E-state index in [4.69, 9.17) is 0 Å². The maximum Gasteiger partial charge on any atom is 0.0551 e. The van der Waals surface area contributed by atoms with Crippen LogP contribution in [-0.2, 0) is 0 Å². The topological polar surface area (TPSA) is 3.24 Å². The summed E-state index contributed by atoms with van der Waals surface area (Å²) in [6.45, 7) is 2.30. The van der Waals surface area contributed by atoms with Crippen molar-refractivity contribution >= 4 is 24.6 Å². The van der Waals surface area contributed by atoms with Crippen LogP contribution in [0.3, 0.4) is 0 Å². The molecule has 0 aromatic heterocycles. The van der Waals surface area contributed by atoms with Crippen LogP contribution in [0, 0.1) is 5.92 Å². The van der Waals surface area contributed by atoms with E-state index >= 15 is 0 Å². The number of thiol groups is 1. The van der Waals surface area contributed by atoms with Gasteiger partial charge in [0.1, 0.15) is 0 Å². The van der Waals surface area contributed by atoms with Gasteiger partial charge in [0.05, 0.1) is 5.88 Å². The third-order valence-corrected chi connectivity index (χ3v) is 6.27. The zero-order chi connectivity index (χ0) is 11.4. The zero-order valence-electron chi connectivity index (χ0n) is 10.4. The lowest BCUT2D eigenvalue weighted by Crippen LogP contribution is -2.28. The molecule has 0 amide bonds. The predicted octanol–water partition coefficient (Wildman–Crippen LogP) is 4.35. The molecule has 1 saturated heterocycles. The highest BCUT2D eigenvalue weighted by atomic mass is 32.2. The number of rotatable bonds is 4. The summed E-state index contributed by atoms with van der Waals surface area (Å²) >= 11 is 6.68. The first-order valence-corrected chi connectivity index (χ1v) is 8.33. The van der Waals surface area contributed by atoms with Crippen molar-refractivity contribution in [2.75, 3.05) is 5.88 Å². The Morgan fingerprint density at radius 1 is 1.19 bits per heavy atom. The van der Waals surface area contributed by atoms with Crippen molar-refractivity contribution in [1.29, 1.82) is 0 Å². The maximum atomic E-state index is 4.56. The molecule has 1 heterocycles. The van der Waals surface area contributed by atoms with Crippen LogP contribution in [0.1, 0.15) is 58.3 Å². The maximum absolute atomic E-state index is 4.56. The third-order valence-electron chi connectivity index (χ3n) is 4.24. The summed E-state index contributed by atoms with van der Waals surface area (Å²) in [5.41, 5.74) is 0. The molecular weight excluding hydrogens is 234 g/mol. The Morgan fingerprint density at radius 3 is 2.62 bits per heavy atom. The second kappa shape index (κ2) is 6.55. The standard InChI is InChI=1S/C13H25NS2/c1-2-12-13(16-10-14(12)15)9-8-11-6-4-3-5-7-11/h11-13,15H,2-10H2,1H3. The summed E-state index contributed by atoms with van der Waals surface area (Å²) in [6.07, 6.45) is 11.6. The zero-order valence-corrected chi connectivity index (χ0v) is 12.1. The largest absolute Gasteiger partial charge is 0.239 e. The Kier molecular flexibility index (Phi) is 5.37. The van der Waals surface area contributed by atoms with Gasteiger partial charge in [0, 0.05) is 11.3 Å². The van der Waals surface area contributed by atoms with Gasteiger partial charge in [0.25, 0.3) is 0 Å². The number of hydrogen-bond acceptors (Lipinski definition) is 3. The van der Waals surface area contributed by atoms with E-state index in [9.17, 15) is 0 Å². The van der Waals surface area contributed by atoms with Gasteiger partial charge in [-0.2, -0.15) is 0 Å². The van der Waals surface area contributed by atoms with Crippen molar-refractivity contribution in [2.24, 2.45) is 5.92 Å². The molecule has 1 aliphatic heterocycles. The molecule has 2 atom stereocenters. The molecular formula is C13H25NS2. The van der Waals surface area contributed by atoms with Gasteiger partial charge in [-0.1, -0.05) is 51.8 Å². The van der Waals surface area contributed by atoms with Gasteiger partial charge >= 0.3 is 0 Å². The van der Waals surface area contributed by atoms with Gasteiger partial charge in [-0.05, 0) is 25.2 Å². The van der Waals surface area contributed by atoms with E-state index in [1.165, 1.54) is 51.4 Å². The molecule has 1 aliphatic carbocycles. The van der Waals surface area contributed by atoms with Crippen LogP contribution >= 0.6 is 24.6 Å². The highest BCUT2D eigenvalue weighted by Crippen LogP contribution is 2.37. The van der Waals surface area contributed by atoms with Gasteiger partial charge in [0.15, 0.2) is 0 Å². The minimum Gasteiger partial charge on any atom is -0.239 e. The quantitative estimate of drug-likeness (QED) is 0.748. The van der Waals surface area contributed by atoms with Crippen LogP contribution in [0.25, 0.3) is 0 Å². The summed E-state index contributed by atoms with van der Waals surface area (Å²) in [4.78, 5) is 0. The number of thioether (sulfide) groups is 1. The molecule has 2 rings (SSSR count). The molecule has 0 aromatic rings. The Labute approximate surface area is 110 Å². The van der Waals surface area contributed by atoms with Gasteiger partial charge in [-0.3, -0.25) is 0 Å². The Hall–Kier alpha value is 0.660. The van der Waals surface area contributed by atoms with E-state index in [1.54, 1.807) is 0 Å². The minimum absolute atomic E-state index is 0.719. The molecule has 0 spiro atoms. The van der Waals surface area contributed by atoms with E-state index < -0.39 is 0 Å². The first kappa shape index (κ1) is 13.1. The summed E-state index contributed by atoms with van der Waals surface area (Å²) in [7, 11) is 0. The van der Waals surface area contributed by atoms with E-state index in [1.807, 2.05) is 0 Å². The molecule has 2 unspecified atom stereocenters. The molecule has 0 aromatic carbocycles. The van der Waals surface area contributed by atoms with Crippen molar-refractivity contribution in [3.05, 3.63) is 0 Å². The van der Waals surface area contributed by atoms with Gasteiger partial charge in [0.2, 0.25) is 0 Å². The van der Waals surface area contributed by atoms with Crippen LogP contribution in [0.5, 0.6) is 0 Å². The van der Waals surface area contributed by atoms with Crippen molar-refractivity contribution in [1.82, 2.24) is 4.31 Å². The molecule has 0 N–H and O–H groups in total. The highest BCUT2D eigenvalue weighted by Gasteiger charge is 2.31. The molecule has 2 aliphatic rings. The number of hydrogen-bond donors (Lipinski definition) is 1. The lowest BCUT2D eigenvalue weighted by molar-refractivity contribution is 0.315. The van der Waals surface area contributed by atoms with Gasteiger partial charge in [-0.15, -0.1) is 11.8 Å². The van der Waals surface area contributed by atoms with E-state index in [-0.39, 0.29) is 0 Å². The van der Waals surface area contributed by atoms with E-state index in [2.05, 4.69) is 35.8 Å². The van der Waals surface area contributed by atoms with E-state index in [0.29, 0.717) is 0 Å². The van der Waals surface area contributed by atoms with Gasteiger partial charge < -0.3 is 0 Å². The Balaban J connectivity index is 1.72. The highest BCUT2D eigenvalue weighted by molar-refractivity contribution is 8.00. The first-order chi connectivity index (χ1) is 7.81. The third kappa shape index (κ3) is 3.33. The second-order valence-corrected chi connectivity index (χ2v) is 7.04. The summed E-state index contributed by atoms with van der Waals surface area (Å²) in [5, 5.41) is 0.851. The predicted molar refractivity (Wildman–Crippen MR) is 77.0 cm³/mol. The van der Waals surface area contributed by atoms with Crippen molar-refractivity contribution in [3.8, 4) is 0 Å². The van der Waals surface area contributed by atoms with E-state index in [0.717, 1.165) is 23.1 Å². The summed E-state index contributed by atoms with van der Waals surface area (Å²) in [6, 6.07) is 0.719. The van der Waals surface area contributed by atoms with Crippen LogP contribution in [-0.4, -0.2) is 21.5 Å². The van der Waals surface area contributed by atoms with Crippen molar-refractivity contribution in [2.45, 2.75) is 69.6 Å². The fourth-order valence-corrected chi connectivity index (χ4v) is 5.21. The summed E-state index contributed by atoms with van der Waals surface area (Å²) < 4.78 is 2.25. The monoisotopic (exact) mass is 259 g/mol. The van der Waals surface area contributed by atoms with Crippen LogP contribution in [0.4, 0.5) is 0 Å². The smallest absolute Gasteiger partial charge is 0.0551 e. The lowest BCUT2D eigenvalue weighted by Gasteiger charge is -2.25. The van der Waals surface area contributed by atoms with Crippen LogP contribution in [0.2, 0.25) is 0 Å². The molecule has 1 nitrogen and oxygen atoms in total. The molecule has 0 bridgehead atoms. The number of nitrogens with zero attached hydrogens (tertiary/aromatic N) is 1. The fraction of sp³-hybridized carbons (Fsp3) is 1.00. The van der Waals surface area contributed by atoms with Crippen LogP contribution < -0.4 is 0 Å². The molecule has 16 heavy (non-hydrogen) atoms. The fourth-order valence-electron chi connectivity index (χ4n) is 3.20. The minimum atomic E-state index is 0.719. The Bertz CT molecular complexity index is 204. The molecule has 94 valence electrons. The van der Waals surface area contributed by atoms with Crippen molar-refractivity contribution in [3.63, 3.8) is 0 Å². The Morgan fingerprint density at radius 2 is 1.94 bits per heavy atom. The molecule has 1 saturated carbocycles. The average Bonchev–Trinajstić information content (AvgIpc) is 2.68. The molecule has 3 heteroatoms. The van der Waals surface area contributed by atoms with Crippen molar-refractivity contribution < 1.29 is 0 Å². The lowest BCUT2D eigenvalue weighted by atomic mass is 9.85. The van der Waals surface area contributed by atoms with Crippen LogP contribution in [0.15, 0.2) is 0 Å². The summed E-state index contributed by atoms with van der Waals surface area (Å²) in [5.74, 6) is 2.16. The normalized spacial score (nSPS) is 33.4. The van der Waals surface area contributed by atoms with Gasteiger partial charge in [-0.25, -0.2) is 4.31 Å². The molecule has 0 radical (unpaired) electrons.